The highest BCUT2D eigenvalue weighted by Crippen LogP contribution is 2.28. The Balaban J connectivity index is 1.94. The van der Waals surface area contributed by atoms with Crippen LogP contribution >= 0.6 is 0 Å². The van der Waals surface area contributed by atoms with Crippen molar-refractivity contribution in [2.24, 2.45) is 7.05 Å². The topological polar surface area (TPSA) is 67.0 Å². The van der Waals surface area contributed by atoms with Crippen molar-refractivity contribution >= 4 is 22.5 Å². The van der Waals surface area contributed by atoms with E-state index in [0.717, 1.165) is 16.7 Å². The number of nitrogens with one attached hydrogen (secondary N) is 1. The summed E-state index contributed by atoms with van der Waals surface area (Å²) in [6, 6.07) is 16.3. The van der Waals surface area contributed by atoms with Gasteiger partial charge in [0.15, 0.2) is 0 Å². The molecule has 0 unspecified atom stereocenters. The summed E-state index contributed by atoms with van der Waals surface area (Å²) in [6.07, 6.45) is 0. The van der Waals surface area contributed by atoms with E-state index in [1.165, 1.54) is 0 Å². The van der Waals surface area contributed by atoms with Crippen molar-refractivity contribution in [1.29, 1.82) is 5.26 Å². The summed E-state index contributed by atoms with van der Waals surface area (Å²) in [5.41, 5.74) is 2.66. The molecule has 5 heteroatoms. The van der Waals surface area contributed by atoms with Crippen LogP contribution in [0.25, 0.3) is 10.9 Å². The third-order valence-corrected chi connectivity index (χ3v) is 3.77. The molecule has 0 atom stereocenters. The van der Waals surface area contributed by atoms with E-state index in [1.54, 1.807) is 31.4 Å². The van der Waals surface area contributed by atoms with E-state index in [4.69, 9.17) is 10.00 Å². The molecule has 3 aromatic rings. The number of carbonyl (C=O) groups is 1. The van der Waals surface area contributed by atoms with Crippen LogP contribution in [0.1, 0.15) is 16.1 Å². The quantitative estimate of drug-likeness (QED) is 0.807. The molecule has 1 N–H and O–H groups in total. The molecule has 0 aliphatic rings. The van der Waals surface area contributed by atoms with Crippen molar-refractivity contribution in [2.45, 2.75) is 0 Å². The van der Waals surface area contributed by atoms with E-state index in [1.807, 2.05) is 41.9 Å². The lowest BCUT2D eigenvalue weighted by Crippen LogP contribution is -2.15. The average Bonchev–Trinajstić information content (AvgIpc) is 2.93. The Hall–Kier alpha value is -3.26. The number of benzene rings is 2. The Kier molecular flexibility index (Phi) is 3.73. The van der Waals surface area contributed by atoms with Crippen LogP contribution in [-0.4, -0.2) is 17.6 Å². The molecule has 1 aromatic heterocycles. The molecule has 0 bridgehead atoms. The average molecular weight is 305 g/mol. The van der Waals surface area contributed by atoms with Gasteiger partial charge in [0, 0.05) is 18.1 Å². The van der Waals surface area contributed by atoms with Crippen LogP contribution in [0.3, 0.4) is 0 Å². The van der Waals surface area contributed by atoms with Crippen molar-refractivity contribution in [2.75, 3.05) is 12.4 Å². The highest BCUT2D eigenvalue weighted by molar-refractivity contribution is 6.07. The fourth-order valence-electron chi connectivity index (χ4n) is 2.55. The largest absolute Gasteiger partial charge is 0.496 e. The third kappa shape index (κ3) is 2.62. The number of methoxy groups -OCH3 is 1. The zero-order chi connectivity index (χ0) is 16.4. The summed E-state index contributed by atoms with van der Waals surface area (Å²) in [5, 5.41) is 12.5. The highest BCUT2D eigenvalue weighted by atomic mass is 16.5. The maximum absolute atomic E-state index is 12.5. The van der Waals surface area contributed by atoms with Crippen LogP contribution < -0.4 is 10.1 Å². The van der Waals surface area contributed by atoms with Crippen molar-refractivity contribution in [1.82, 2.24) is 4.57 Å². The standard InChI is InChI=1S/C18H15N3O2/c1-21-15-4-3-5-17(23-2)14(15)10-16(21)18(22)20-13-8-6-12(11-19)7-9-13/h3-10H,1-2H3,(H,20,22). The van der Waals surface area contributed by atoms with E-state index in [0.29, 0.717) is 16.9 Å². The number of amides is 1. The van der Waals surface area contributed by atoms with Gasteiger partial charge in [0.25, 0.3) is 5.91 Å². The van der Waals surface area contributed by atoms with Gasteiger partial charge in [-0.2, -0.15) is 5.26 Å². The van der Waals surface area contributed by atoms with Gasteiger partial charge in [0.05, 0.1) is 24.3 Å². The molecular weight excluding hydrogens is 290 g/mol. The SMILES string of the molecule is COc1cccc2c1cc(C(=O)Nc1ccc(C#N)cc1)n2C. The summed E-state index contributed by atoms with van der Waals surface area (Å²) in [7, 11) is 3.45. The van der Waals surface area contributed by atoms with Crippen molar-refractivity contribution in [3.05, 3.63) is 59.8 Å². The minimum atomic E-state index is -0.213. The zero-order valence-electron chi connectivity index (χ0n) is 12.8. The lowest BCUT2D eigenvalue weighted by molar-refractivity contribution is 0.102. The molecule has 3 rings (SSSR count). The number of fused-ring (bicyclic) bond motifs is 1. The molecule has 1 heterocycles. The first-order valence-corrected chi connectivity index (χ1v) is 7.08. The smallest absolute Gasteiger partial charge is 0.272 e. The van der Waals surface area contributed by atoms with Crippen LogP contribution in [0.15, 0.2) is 48.5 Å². The Morgan fingerprint density at radius 2 is 1.96 bits per heavy atom. The molecule has 0 aliphatic heterocycles. The Labute approximate surface area is 133 Å². The fourth-order valence-corrected chi connectivity index (χ4v) is 2.55. The number of aromatic nitrogens is 1. The van der Waals surface area contributed by atoms with Crippen LogP contribution in [0, 0.1) is 11.3 Å². The van der Waals surface area contributed by atoms with Gasteiger partial charge >= 0.3 is 0 Å². The Morgan fingerprint density at radius 3 is 2.61 bits per heavy atom. The molecule has 0 aliphatic carbocycles. The Bertz CT molecular complexity index is 918. The van der Waals surface area contributed by atoms with Gasteiger partial charge in [-0.25, -0.2) is 0 Å². The van der Waals surface area contributed by atoms with E-state index in [-0.39, 0.29) is 5.91 Å². The summed E-state index contributed by atoms with van der Waals surface area (Å²) in [4.78, 5) is 12.5. The van der Waals surface area contributed by atoms with E-state index < -0.39 is 0 Å². The molecule has 5 nitrogen and oxygen atoms in total. The minimum absolute atomic E-state index is 0.213. The summed E-state index contributed by atoms with van der Waals surface area (Å²) >= 11 is 0. The van der Waals surface area contributed by atoms with Gasteiger partial charge in [0.1, 0.15) is 11.4 Å². The number of carbonyl (C=O) groups excluding carboxylic acids is 1. The summed E-state index contributed by atoms with van der Waals surface area (Å²) < 4.78 is 7.17. The maximum Gasteiger partial charge on any atom is 0.272 e. The molecule has 0 saturated carbocycles. The number of nitrogens with zero attached hydrogens (tertiary/aromatic N) is 2. The number of hydrogen-bond acceptors (Lipinski definition) is 3. The third-order valence-electron chi connectivity index (χ3n) is 3.77. The molecule has 0 fully saturated rings. The predicted octanol–water partition coefficient (Wildman–Crippen LogP) is 3.31. The van der Waals surface area contributed by atoms with Crippen molar-refractivity contribution in [3.63, 3.8) is 0 Å². The second-order valence-electron chi connectivity index (χ2n) is 5.12. The first kappa shape index (κ1) is 14.7. The maximum atomic E-state index is 12.5. The van der Waals surface area contributed by atoms with Gasteiger partial charge in [-0.05, 0) is 42.5 Å². The number of hydrogen-bond donors (Lipinski definition) is 1. The second-order valence-corrected chi connectivity index (χ2v) is 5.12. The first-order valence-electron chi connectivity index (χ1n) is 7.08. The number of anilines is 1. The number of rotatable bonds is 3. The molecular formula is C18H15N3O2. The van der Waals surface area contributed by atoms with Crippen LogP contribution in [0.2, 0.25) is 0 Å². The number of ether oxygens (including phenoxy) is 1. The molecule has 1 amide bonds. The molecule has 0 spiro atoms. The van der Waals surface area contributed by atoms with Gasteiger partial charge < -0.3 is 14.6 Å². The number of nitriles is 1. The van der Waals surface area contributed by atoms with Gasteiger partial charge in [0.2, 0.25) is 0 Å². The summed E-state index contributed by atoms with van der Waals surface area (Å²) in [6.45, 7) is 0. The second kappa shape index (κ2) is 5.85. The van der Waals surface area contributed by atoms with E-state index in [9.17, 15) is 4.79 Å². The predicted molar refractivity (Wildman–Crippen MR) is 88.6 cm³/mol. The molecule has 0 radical (unpaired) electrons. The van der Waals surface area contributed by atoms with Crippen LogP contribution in [0.5, 0.6) is 5.75 Å². The van der Waals surface area contributed by atoms with Crippen molar-refractivity contribution in [3.8, 4) is 11.8 Å². The minimum Gasteiger partial charge on any atom is -0.496 e. The molecule has 23 heavy (non-hydrogen) atoms. The lowest BCUT2D eigenvalue weighted by atomic mass is 10.2. The van der Waals surface area contributed by atoms with Crippen LogP contribution in [-0.2, 0) is 7.05 Å². The zero-order valence-corrected chi connectivity index (χ0v) is 12.8. The van der Waals surface area contributed by atoms with Gasteiger partial charge in [-0.3, -0.25) is 4.79 Å². The normalized spacial score (nSPS) is 10.3. The Morgan fingerprint density at radius 1 is 1.22 bits per heavy atom. The summed E-state index contributed by atoms with van der Waals surface area (Å²) in [5.74, 6) is 0.519. The lowest BCUT2D eigenvalue weighted by Gasteiger charge is -2.06. The number of aryl methyl sites for hydroxylation is 1. The van der Waals surface area contributed by atoms with Crippen molar-refractivity contribution < 1.29 is 9.53 Å². The van der Waals surface area contributed by atoms with E-state index in [2.05, 4.69) is 5.32 Å². The highest BCUT2D eigenvalue weighted by Gasteiger charge is 2.15. The van der Waals surface area contributed by atoms with E-state index >= 15 is 0 Å². The van der Waals surface area contributed by atoms with Gasteiger partial charge in [-0.1, -0.05) is 6.07 Å². The van der Waals surface area contributed by atoms with Gasteiger partial charge in [-0.15, -0.1) is 0 Å². The monoisotopic (exact) mass is 305 g/mol. The molecule has 0 saturated heterocycles. The van der Waals surface area contributed by atoms with Crippen LogP contribution in [0.4, 0.5) is 5.69 Å². The first-order chi connectivity index (χ1) is 11.1. The fraction of sp³-hybridized carbons (Fsp3) is 0.111. The molecule has 2 aromatic carbocycles. The molecule has 114 valence electrons.